The van der Waals surface area contributed by atoms with Gasteiger partial charge in [0.2, 0.25) is 0 Å². The van der Waals surface area contributed by atoms with Gasteiger partial charge in [-0.3, -0.25) is 4.79 Å². The van der Waals surface area contributed by atoms with Gasteiger partial charge in [0.1, 0.15) is 5.78 Å². The molecule has 1 rings (SSSR count). The summed E-state index contributed by atoms with van der Waals surface area (Å²) < 4.78 is 4.87. The number of carbonyl (C=O) groups is 2. The van der Waals surface area contributed by atoms with Crippen LogP contribution in [0.1, 0.15) is 39.5 Å². The molecule has 0 aromatic rings. The highest BCUT2D eigenvalue weighted by atomic mass is 16.5. The van der Waals surface area contributed by atoms with Gasteiger partial charge in [0.05, 0.1) is 6.61 Å². The maximum atomic E-state index is 11.7. The highest BCUT2D eigenvalue weighted by Gasteiger charge is 2.30. The minimum Gasteiger partial charge on any atom is -0.463 e. The standard InChI is InChI=1S/C13H20O3/c1-4-16-13(15)10(3)8-11-9(2)6-5-7-12(11)14/h9,11H,3-8H2,1-2H3/t9-,11+/m0/s1. The van der Waals surface area contributed by atoms with Gasteiger partial charge < -0.3 is 4.74 Å². The molecule has 0 radical (unpaired) electrons. The minimum absolute atomic E-state index is 0.0364. The Kier molecular flexibility index (Phi) is 4.71. The van der Waals surface area contributed by atoms with Gasteiger partial charge in [0.15, 0.2) is 0 Å². The number of hydrogen-bond acceptors (Lipinski definition) is 3. The van der Waals surface area contributed by atoms with Crippen LogP contribution < -0.4 is 0 Å². The molecule has 1 aliphatic rings. The Morgan fingerprint density at radius 3 is 2.81 bits per heavy atom. The van der Waals surface area contributed by atoms with Crippen molar-refractivity contribution < 1.29 is 14.3 Å². The lowest BCUT2D eigenvalue weighted by atomic mass is 9.76. The van der Waals surface area contributed by atoms with Crippen molar-refractivity contribution in [1.29, 1.82) is 0 Å². The lowest BCUT2D eigenvalue weighted by molar-refractivity contribution is -0.138. The summed E-state index contributed by atoms with van der Waals surface area (Å²) >= 11 is 0. The van der Waals surface area contributed by atoms with Crippen molar-refractivity contribution >= 4 is 11.8 Å². The fourth-order valence-corrected chi connectivity index (χ4v) is 2.20. The zero-order chi connectivity index (χ0) is 12.1. The summed E-state index contributed by atoms with van der Waals surface area (Å²) in [7, 11) is 0. The van der Waals surface area contributed by atoms with Gasteiger partial charge in [-0.05, 0) is 32.1 Å². The van der Waals surface area contributed by atoms with Crippen molar-refractivity contribution in [3.05, 3.63) is 12.2 Å². The van der Waals surface area contributed by atoms with Gasteiger partial charge >= 0.3 is 5.97 Å². The number of ether oxygens (including phenoxy) is 1. The van der Waals surface area contributed by atoms with Gasteiger partial charge in [0.25, 0.3) is 0 Å². The molecule has 0 unspecified atom stereocenters. The maximum absolute atomic E-state index is 11.7. The molecule has 0 bridgehead atoms. The monoisotopic (exact) mass is 224 g/mol. The molecule has 1 saturated carbocycles. The van der Waals surface area contributed by atoms with E-state index in [-0.39, 0.29) is 17.7 Å². The fraction of sp³-hybridized carbons (Fsp3) is 0.692. The molecule has 0 saturated heterocycles. The van der Waals surface area contributed by atoms with Gasteiger partial charge in [0, 0.05) is 17.9 Å². The highest BCUT2D eigenvalue weighted by Crippen LogP contribution is 2.31. The largest absolute Gasteiger partial charge is 0.463 e. The van der Waals surface area contributed by atoms with Crippen LogP contribution in [0.4, 0.5) is 0 Å². The van der Waals surface area contributed by atoms with Crippen molar-refractivity contribution in [1.82, 2.24) is 0 Å². The van der Waals surface area contributed by atoms with E-state index in [1.54, 1.807) is 6.92 Å². The van der Waals surface area contributed by atoms with Gasteiger partial charge in [-0.1, -0.05) is 13.5 Å². The molecule has 0 N–H and O–H groups in total. The van der Waals surface area contributed by atoms with E-state index in [0.717, 1.165) is 12.8 Å². The molecule has 0 aliphatic heterocycles. The average molecular weight is 224 g/mol. The Bertz CT molecular complexity index is 294. The molecule has 0 amide bonds. The predicted octanol–water partition coefficient (Wildman–Crippen LogP) is 2.50. The van der Waals surface area contributed by atoms with Crippen molar-refractivity contribution in [3.63, 3.8) is 0 Å². The van der Waals surface area contributed by atoms with E-state index >= 15 is 0 Å². The lowest BCUT2D eigenvalue weighted by Crippen LogP contribution is -2.28. The van der Waals surface area contributed by atoms with Crippen LogP contribution >= 0.6 is 0 Å². The topological polar surface area (TPSA) is 43.4 Å². The van der Waals surface area contributed by atoms with Gasteiger partial charge in [-0.15, -0.1) is 0 Å². The summed E-state index contributed by atoms with van der Waals surface area (Å²) in [6, 6.07) is 0. The molecule has 0 spiro atoms. The SMILES string of the molecule is C=C(C[C@H]1C(=O)CCC[C@@H]1C)C(=O)OCC. The van der Waals surface area contributed by atoms with Crippen LogP contribution in [-0.2, 0) is 14.3 Å². The molecule has 0 aromatic heterocycles. The number of ketones is 1. The number of Topliss-reactive ketones (excluding diaryl/α,β-unsaturated/α-hetero) is 1. The molecule has 90 valence electrons. The molecule has 1 fully saturated rings. The minimum atomic E-state index is -0.368. The smallest absolute Gasteiger partial charge is 0.333 e. The molecule has 3 heteroatoms. The van der Waals surface area contributed by atoms with Crippen LogP contribution in [-0.4, -0.2) is 18.4 Å². The summed E-state index contributed by atoms with van der Waals surface area (Å²) in [5, 5.41) is 0. The zero-order valence-electron chi connectivity index (χ0n) is 10.1. The molecular weight excluding hydrogens is 204 g/mol. The molecule has 3 nitrogen and oxygen atoms in total. The average Bonchev–Trinajstić information content (AvgIpc) is 2.23. The molecule has 0 heterocycles. The number of esters is 1. The second-order valence-electron chi connectivity index (χ2n) is 4.47. The van der Waals surface area contributed by atoms with Crippen LogP contribution in [0.15, 0.2) is 12.2 Å². The van der Waals surface area contributed by atoms with Crippen molar-refractivity contribution in [3.8, 4) is 0 Å². The third-order valence-corrected chi connectivity index (χ3v) is 3.21. The number of carbonyl (C=O) groups excluding carboxylic acids is 2. The maximum Gasteiger partial charge on any atom is 0.333 e. The van der Waals surface area contributed by atoms with Crippen LogP contribution in [0.2, 0.25) is 0 Å². The summed E-state index contributed by atoms with van der Waals surface area (Å²) in [6.07, 6.45) is 3.14. The summed E-state index contributed by atoms with van der Waals surface area (Å²) in [5.41, 5.74) is 0.425. The van der Waals surface area contributed by atoms with Crippen LogP contribution in [0.25, 0.3) is 0 Å². The molecule has 2 atom stereocenters. The third kappa shape index (κ3) is 3.19. The Morgan fingerprint density at radius 1 is 1.56 bits per heavy atom. The van der Waals surface area contributed by atoms with Crippen LogP contribution in [0.5, 0.6) is 0 Å². The molecule has 16 heavy (non-hydrogen) atoms. The van der Waals surface area contributed by atoms with E-state index in [9.17, 15) is 9.59 Å². The number of rotatable bonds is 4. The van der Waals surface area contributed by atoms with E-state index in [0.29, 0.717) is 30.9 Å². The van der Waals surface area contributed by atoms with Crippen LogP contribution in [0, 0.1) is 11.8 Å². The predicted molar refractivity (Wildman–Crippen MR) is 61.9 cm³/mol. The van der Waals surface area contributed by atoms with E-state index in [2.05, 4.69) is 13.5 Å². The van der Waals surface area contributed by atoms with E-state index in [1.807, 2.05) is 0 Å². The summed E-state index contributed by atoms with van der Waals surface area (Å²) in [4.78, 5) is 23.1. The Hall–Kier alpha value is -1.12. The normalized spacial score (nSPS) is 25.2. The van der Waals surface area contributed by atoms with Gasteiger partial charge in [-0.25, -0.2) is 4.79 Å². The quantitative estimate of drug-likeness (QED) is 0.544. The Balaban J connectivity index is 2.54. The molecule has 1 aliphatic carbocycles. The first kappa shape index (κ1) is 12.9. The fourth-order valence-electron chi connectivity index (χ4n) is 2.20. The third-order valence-electron chi connectivity index (χ3n) is 3.21. The van der Waals surface area contributed by atoms with Crippen molar-refractivity contribution in [2.75, 3.05) is 6.61 Å². The molecular formula is C13H20O3. The van der Waals surface area contributed by atoms with E-state index in [4.69, 9.17) is 4.74 Å². The molecule has 0 aromatic carbocycles. The summed E-state index contributed by atoms with van der Waals surface area (Å²) in [5.74, 6) is 0.218. The number of hydrogen-bond donors (Lipinski definition) is 0. The van der Waals surface area contributed by atoms with Crippen LogP contribution in [0.3, 0.4) is 0 Å². The lowest BCUT2D eigenvalue weighted by Gasteiger charge is -2.27. The first-order chi connectivity index (χ1) is 7.56. The Labute approximate surface area is 96.9 Å². The van der Waals surface area contributed by atoms with E-state index in [1.165, 1.54) is 0 Å². The highest BCUT2D eigenvalue weighted by molar-refractivity contribution is 5.90. The van der Waals surface area contributed by atoms with Crippen molar-refractivity contribution in [2.24, 2.45) is 11.8 Å². The summed E-state index contributed by atoms with van der Waals surface area (Å²) in [6.45, 7) is 7.90. The van der Waals surface area contributed by atoms with E-state index < -0.39 is 0 Å². The first-order valence-corrected chi connectivity index (χ1v) is 5.93. The second-order valence-corrected chi connectivity index (χ2v) is 4.47. The Morgan fingerprint density at radius 2 is 2.25 bits per heavy atom. The van der Waals surface area contributed by atoms with Crippen molar-refractivity contribution in [2.45, 2.75) is 39.5 Å². The zero-order valence-corrected chi connectivity index (χ0v) is 10.1. The second kappa shape index (κ2) is 5.83. The first-order valence-electron chi connectivity index (χ1n) is 5.93. The van der Waals surface area contributed by atoms with Gasteiger partial charge in [-0.2, -0.15) is 0 Å².